The van der Waals surface area contributed by atoms with Gasteiger partial charge in [-0.25, -0.2) is 0 Å². The van der Waals surface area contributed by atoms with Crippen LogP contribution in [0.25, 0.3) is 0 Å². The Morgan fingerprint density at radius 3 is 2.40 bits per heavy atom. The van der Waals surface area contributed by atoms with Crippen molar-refractivity contribution in [2.75, 3.05) is 6.54 Å². The van der Waals surface area contributed by atoms with Gasteiger partial charge in [0.15, 0.2) is 0 Å². The molecule has 1 aliphatic carbocycles. The Bertz CT molecular complexity index is 218. The highest BCUT2D eigenvalue weighted by molar-refractivity contribution is 5.78. The van der Waals surface area contributed by atoms with E-state index in [4.69, 9.17) is 5.73 Å². The Morgan fingerprint density at radius 1 is 1.47 bits per heavy atom. The second kappa shape index (κ2) is 4.97. The van der Waals surface area contributed by atoms with Gasteiger partial charge in [0.25, 0.3) is 0 Å². The van der Waals surface area contributed by atoms with Crippen LogP contribution in [0.1, 0.15) is 46.5 Å². The van der Waals surface area contributed by atoms with Gasteiger partial charge in [0, 0.05) is 12.5 Å². The van der Waals surface area contributed by atoms with Crippen molar-refractivity contribution < 1.29 is 4.79 Å². The lowest BCUT2D eigenvalue weighted by molar-refractivity contribution is -0.126. The normalized spacial score (nSPS) is 31.7. The molecule has 0 heterocycles. The van der Waals surface area contributed by atoms with Crippen LogP contribution in [0, 0.1) is 11.8 Å². The average Bonchev–Trinajstić information content (AvgIpc) is 2.21. The number of amides is 1. The molecule has 3 N–H and O–H groups in total. The smallest absolute Gasteiger partial charge is 0.223 e. The van der Waals surface area contributed by atoms with E-state index in [0.29, 0.717) is 6.54 Å². The van der Waals surface area contributed by atoms with Crippen LogP contribution in [0.2, 0.25) is 0 Å². The third kappa shape index (κ3) is 3.20. The molecule has 0 spiro atoms. The first-order valence-electron chi connectivity index (χ1n) is 6.01. The van der Waals surface area contributed by atoms with Gasteiger partial charge in [-0.3, -0.25) is 4.79 Å². The molecule has 0 aromatic rings. The first-order valence-corrected chi connectivity index (χ1v) is 6.01. The quantitative estimate of drug-likeness (QED) is 0.747. The van der Waals surface area contributed by atoms with Crippen molar-refractivity contribution in [1.29, 1.82) is 0 Å². The summed E-state index contributed by atoms with van der Waals surface area (Å²) in [6, 6.07) is 0. The lowest BCUT2D eigenvalue weighted by Crippen LogP contribution is -2.56. The molecule has 0 aliphatic heterocycles. The van der Waals surface area contributed by atoms with Crippen LogP contribution in [0.15, 0.2) is 0 Å². The number of rotatable bonds is 3. The van der Waals surface area contributed by atoms with Crippen molar-refractivity contribution >= 4 is 5.91 Å². The van der Waals surface area contributed by atoms with E-state index in [9.17, 15) is 4.79 Å². The van der Waals surface area contributed by atoms with Crippen molar-refractivity contribution in [3.8, 4) is 0 Å². The molecule has 0 radical (unpaired) electrons. The minimum absolute atomic E-state index is 0.0489. The van der Waals surface area contributed by atoms with Gasteiger partial charge in [-0.15, -0.1) is 0 Å². The molecular formula is C12H24N2O. The average molecular weight is 212 g/mol. The number of nitrogens with two attached hydrogens (primary N) is 1. The van der Waals surface area contributed by atoms with E-state index in [1.54, 1.807) is 0 Å². The zero-order valence-corrected chi connectivity index (χ0v) is 10.2. The Balaban J connectivity index is 2.57. The van der Waals surface area contributed by atoms with Crippen LogP contribution in [0.4, 0.5) is 0 Å². The van der Waals surface area contributed by atoms with Crippen LogP contribution in [0.5, 0.6) is 0 Å². The zero-order valence-electron chi connectivity index (χ0n) is 10.2. The standard InChI is InChI=1S/C12H24N2O/c1-9(2)11(15)14-12(8-13)6-4-10(3)5-7-12/h9-10H,4-8,13H2,1-3H3,(H,14,15). The molecule has 3 nitrogen and oxygen atoms in total. The molecule has 88 valence electrons. The summed E-state index contributed by atoms with van der Waals surface area (Å²) in [5, 5.41) is 3.14. The van der Waals surface area contributed by atoms with Gasteiger partial charge in [0.2, 0.25) is 5.91 Å². The monoisotopic (exact) mass is 212 g/mol. The third-order valence-corrected chi connectivity index (χ3v) is 3.53. The molecule has 0 aromatic carbocycles. The van der Waals surface area contributed by atoms with E-state index in [1.165, 1.54) is 12.8 Å². The molecule has 1 rings (SSSR count). The van der Waals surface area contributed by atoms with Crippen molar-refractivity contribution in [3.05, 3.63) is 0 Å². The largest absolute Gasteiger partial charge is 0.349 e. The molecule has 0 unspecified atom stereocenters. The fourth-order valence-corrected chi connectivity index (χ4v) is 2.10. The van der Waals surface area contributed by atoms with Gasteiger partial charge in [-0.05, 0) is 31.6 Å². The summed E-state index contributed by atoms with van der Waals surface area (Å²) in [7, 11) is 0. The summed E-state index contributed by atoms with van der Waals surface area (Å²) in [5.41, 5.74) is 5.70. The first-order chi connectivity index (χ1) is 6.99. The molecule has 1 aliphatic rings. The minimum atomic E-state index is -0.117. The number of hydrogen-bond acceptors (Lipinski definition) is 2. The van der Waals surface area contributed by atoms with E-state index in [1.807, 2.05) is 13.8 Å². The molecule has 1 fully saturated rings. The first kappa shape index (κ1) is 12.5. The highest BCUT2D eigenvalue weighted by Gasteiger charge is 2.34. The van der Waals surface area contributed by atoms with E-state index in [0.717, 1.165) is 18.8 Å². The predicted molar refractivity (Wildman–Crippen MR) is 62.4 cm³/mol. The van der Waals surface area contributed by atoms with Gasteiger partial charge in [-0.2, -0.15) is 0 Å². The second-order valence-corrected chi connectivity index (χ2v) is 5.31. The van der Waals surface area contributed by atoms with Crippen LogP contribution >= 0.6 is 0 Å². The summed E-state index contributed by atoms with van der Waals surface area (Å²) < 4.78 is 0. The minimum Gasteiger partial charge on any atom is -0.349 e. The van der Waals surface area contributed by atoms with Gasteiger partial charge in [-0.1, -0.05) is 20.8 Å². The number of carbonyl (C=O) groups is 1. The van der Waals surface area contributed by atoms with Crippen molar-refractivity contribution in [1.82, 2.24) is 5.32 Å². The van der Waals surface area contributed by atoms with Gasteiger partial charge >= 0.3 is 0 Å². The Morgan fingerprint density at radius 2 is 2.00 bits per heavy atom. The van der Waals surface area contributed by atoms with Crippen LogP contribution in [-0.2, 0) is 4.79 Å². The van der Waals surface area contributed by atoms with Crippen molar-refractivity contribution in [2.24, 2.45) is 17.6 Å². The Hall–Kier alpha value is -0.570. The molecule has 1 saturated carbocycles. The van der Waals surface area contributed by atoms with Gasteiger partial charge < -0.3 is 11.1 Å². The molecule has 0 saturated heterocycles. The molecule has 1 amide bonds. The molecule has 0 bridgehead atoms. The van der Waals surface area contributed by atoms with Gasteiger partial charge in [0.1, 0.15) is 0 Å². The van der Waals surface area contributed by atoms with Crippen LogP contribution in [0.3, 0.4) is 0 Å². The fraction of sp³-hybridized carbons (Fsp3) is 0.917. The fourth-order valence-electron chi connectivity index (χ4n) is 2.10. The maximum Gasteiger partial charge on any atom is 0.223 e. The van der Waals surface area contributed by atoms with E-state index in [2.05, 4.69) is 12.2 Å². The third-order valence-electron chi connectivity index (χ3n) is 3.53. The highest BCUT2D eigenvalue weighted by Crippen LogP contribution is 2.31. The Kier molecular flexibility index (Phi) is 4.14. The maximum atomic E-state index is 11.7. The predicted octanol–water partition coefficient (Wildman–Crippen LogP) is 1.67. The number of hydrogen-bond donors (Lipinski definition) is 2. The zero-order chi connectivity index (χ0) is 11.5. The van der Waals surface area contributed by atoms with Crippen molar-refractivity contribution in [3.63, 3.8) is 0 Å². The maximum absolute atomic E-state index is 11.7. The summed E-state index contributed by atoms with van der Waals surface area (Å²) in [6.07, 6.45) is 4.41. The number of carbonyl (C=O) groups excluding carboxylic acids is 1. The van der Waals surface area contributed by atoms with Gasteiger partial charge in [0.05, 0.1) is 5.54 Å². The van der Waals surface area contributed by atoms with Crippen LogP contribution in [-0.4, -0.2) is 18.0 Å². The second-order valence-electron chi connectivity index (χ2n) is 5.31. The van der Waals surface area contributed by atoms with E-state index in [-0.39, 0.29) is 17.4 Å². The summed E-state index contributed by atoms with van der Waals surface area (Å²) in [4.78, 5) is 11.7. The molecule has 3 heteroatoms. The number of nitrogens with one attached hydrogen (secondary N) is 1. The van der Waals surface area contributed by atoms with Crippen LogP contribution < -0.4 is 11.1 Å². The van der Waals surface area contributed by atoms with E-state index < -0.39 is 0 Å². The summed E-state index contributed by atoms with van der Waals surface area (Å²) >= 11 is 0. The Labute approximate surface area is 92.8 Å². The molecule has 0 aromatic heterocycles. The van der Waals surface area contributed by atoms with E-state index >= 15 is 0 Å². The summed E-state index contributed by atoms with van der Waals surface area (Å²) in [6.45, 7) is 6.68. The summed E-state index contributed by atoms with van der Waals surface area (Å²) in [5.74, 6) is 0.961. The highest BCUT2D eigenvalue weighted by atomic mass is 16.2. The topological polar surface area (TPSA) is 55.1 Å². The SMILES string of the molecule is CC1CCC(CN)(NC(=O)C(C)C)CC1. The lowest BCUT2D eigenvalue weighted by atomic mass is 9.77. The van der Waals surface area contributed by atoms with Crippen molar-refractivity contribution in [2.45, 2.75) is 52.0 Å². The molecule has 15 heavy (non-hydrogen) atoms. The molecule has 0 atom stereocenters. The molecular weight excluding hydrogens is 188 g/mol. The lowest BCUT2D eigenvalue weighted by Gasteiger charge is -2.39.